The third-order valence-corrected chi connectivity index (χ3v) is 4.73. The van der Waals surface area contributed by atoms with Crippen molar-refractivity contribution in [2.75, 3.05) is 0 Å². The van der Waals surface area contributed by atoms with Crippen molar-refractivity contribution in [3.05, 3.63) is 0 Å². The van der Waals surface area contributed by atoms with E-state index in [1.54, 1.807) is 0 Å². The summed E-state index contributed by atoms with van der Waals surface area (Å²) in [5.74, 6) is 0. The molecular formula is C16H31Cl. The Morgan fingerprint density at radius 2 is 1.00 bits per heavy atom. The lowest BCUT2D eigenvalue weighted by Gasteiger charge is -2.27. The van der Waals surface area contributed by atoms with E-state index in [0.717, 1.165) is 0 Å². The Morgan fingerprint density at radius 1 is 0.588 bits per heavy atom. The van der Waals surface area contributed by atoms with Crippen LogP contribution in [0.1, 0.15) is 91.4 Å². The van der Waals surface area contributed by atoms with Crippen molar-refractivity contribution in [2.45, 2.75) is 96.3 Å². The summed E-state index contributed by atoms with van der Waals surface area (Å²) < 4.78 is 0. The van der Waals surface area contributed by atoms with Gasteiger partial charge in [-0.15, -0.1) is 11.6 Å². The fourth-order valence-corrected chi connectivity index (χ4v) is 3.26. The van der Waals surface area contributed by atoms with Gasteiger partial charge in [-0.25, -0.2) is 0 Å². The number of halogens is 1. The lowest BCUT2D eigenvalue weighted by molar-refractivity contribution is 0.279. The van der Waals surface area contributed by atoms with Gasteiger partial charge in [0, 0.05) is 4.87 Å². The van der Waals surface area contributed by atoms with E-state index >= 15 is 0 Å². The van der Waals surface area contributed by atoms with E-state index in [1.165, 1.54) is 70.6 Å². The summed E-state index contributed by atoms with van der Waals surface area (Å²) in [5, 5.41) is 0. The number of rotatable bonds is 0. The van der Waals surface area contributed by atoms with Gasteiger partial charge in [-0.05, 0) is 38.0 Å². The average Bonchev–Trinajstić information content (AvgIpc) is 2.21. The van der Waals surface area contributed by atoms with E-state index in [2.05, 4.69) is 20.8 Å². The largest absolute Gasteiger partial charge is 0.120 e. The van der Waals surface area contributed by atoms with Gasteiger partial charge in [0.05, 0.1) is 0 Å². The second-order valence-corrected chi connectivity index (χ2v) is 7.96. The normalized spacial score (nSPS) is 33.2. The molecular weight excluding hydrogens is 228 g/mol. The molecule has 0 saturated heterocycles. The van der Waals surface area contributed by atoms with Crippen molar-refractivity contribution in [1.82, 2.24) is 0 Å². The fourth-order valence-electron chi connectivity index (χ4n) is 2.99. The van der Waals surface area contributed by atoms with Crippen LogP contribution in [-0.2, 0) is 0 Å². The summed E-state index contributed by atoms with van der Waals surface area (Å²) >= 11 is 6.60. The summed E-state index contributed by atoms with van der Waals surface area (Å²) in [6, 6.07) is 0. The van der Waals surface area contributed by atoms with Gasteiger partial charge in [0.15, 0.2) is 0 Å². The van der Waals surface area contributed by atoms with Gasteiger partial charge in [-0.1, -0.05) is 58.8 Å². The smallest absolute Gasteiger partial charge is 0.0418 e. The molecule has 0 aromatic carbocycles. The van der Waals surface area contributed by atoms with Crippen LogP contribution in [0.3, 0.4) is 0 Å². The first-order valence-electron chi connectivity index (χ1n) is 7.60. The molecule has 1 atom stereocenters. The molecule has 1 unspecified atom stereocenters. The fraction of sp³-hybridized carbons (Fsp3) is 1.00. The Hall–Kier alpha value is 0.290. The summed E-state index contributed by atoms with van der Waals surface area (Å²) in [5.41, 5.74) is 0.529. The molecule has 0 aromatic rings. The molecule has 0 spiro atoms. The van der Waals surface area contributed by atoms with Crippen LogP contribution in [0.2, 0.25) is 0 Å². The molecule has 0 heterocycles. The maximum Gasteiger partial charge on any atom is 0.0418 e. The quantitative estimate of drug-likeness (QED) is 0.446. The average molecular weight is 259 g/mol. The van der Waals surface area contributed by atoms with Crippen LogP contribution in [-0.4, -0.2) is 4.87 Å². The van der Waals surface area contributed by atoms with Crippen molar-refractivity contribution in [1.29, 1.82) is 0 Å². The molecule has 0 amide bonds. The Kier molecular flexibility index (Phi) is 6.34. The highest BCUT2D eigenvalue weighted by Crippen LogP contribution is 2.35. The standard InChI is InChI=1S/C16H31Cl/c1-15(2)11-8-6-4-5-7-9-13-16(3,17)14-10-12-15/h4-14H2,1-3H3. The van der Waals surface area contributed by atoms with E-state index in [9.17, 15) is 0 Å². The summed E-state index contributed by atoms with van der Waals surface area (Å²) in [4.78, 5) is 0.0597. The van der Waals surface area contributed by atoms with Gasteiger partial charge in [0.25, 0.3) is 0 Å². The second-order valence-electron chi connectivity index (χ2n) is 7.05. The zero-order chi connectivity index (χ0) is 12.8. The molecule has 1 fully saturated rings. The topological polar surface area (TPSA) is 0 Å². The van der Waals surface area contributed by atoms with E-state index in [0.29, 0.717) is 5.41 Å². The molecule has 1 aliphatic carbocycles. The van der Waals surface area contributed by atoms with Crippen LogP contribution in [0, 0.1) is 5.41 Å². The first-order valence-corrected chi connectivity index (χ1v) is 7.98. The van der Waals surface area contributed by atoms with Gasteiger partial charge in [0.2, 0.25) is 0 Å². The molecule has 0 aliphatic heterocycles. The van der Waals surface area contributed by atoms with Crippen LogP contribution in [0.25, 0.3) is 0 Å². The zero-order valence-electron chi connectivity index (χ0n) is 12.2. The Morgan fingerprint density at radius 3 is 1.65 bits per heavy atom. The predicted molar refractivity (Wildman–Crippen MR) is 78.8 cm³/mol. The van der Waals surface area contributed by atoms with E-state index in [1.807, 2.05) is 0 Å². The Bertz CT molecular complexity index is 184. The van der Waals surface area contributed by atoms with E-state index < -0.39 is 0 Å². The van der Waals surface area contributed by atoms with Gasteiger partial charge in [0.1, 0.15) is 0 Å². The van der Waals surface area contributed by atoms with Crippen LogP contribution < -0.4 is 0 Å². The van der Waals surface area contributed by atoms with Gasteiger partial charge in [-0.3, -0.25) is 0 Å². The molecule has 0 N–H and O–H groups in total. The molecule has 102 valence electrons. The number of hydrogen-bond acceptors (Lipinski definition) is 0. The van der Waals surface area contributed by atoms with E-state index in [-0.39, 0.29) is 4.87 Å². The summed E-state index contributed by atoms with van der Waals surface area (Å²) in [6.07, 6.45) is 14.8. The molecule has 0 bridgehead atoms. The molecule has 1 saturated carbocycles. The van der Waals surface area contributed by atoms with Crippen LogP contribution in [0.15, 0.2) is 0 Å². The molecule has 1 aliphatic rings. The van der Waals surface area contributed by atoms with Crippen molar-refractivity contribution in [3.8, 4) is 0 Å². The highest BCUT2D eigenvalue weighted by Gasteiger charge is 2.23. The predicted octanol–water partition coefficient (Wildman–Crippen LogP) is 6.31. The molecule has 1 rings (SSSR count). The number of alkyl halides is 1. The van der Waals surface area contributed by atoms with Crippen molar-refractivity contribution >= 4 is 11.6 Å². The van der Waals surface area contributed by atoms with Crippen molar-refractivity contribution in [2.24, 2.45) is 5.41 Å². The molecule has 0 nitrogen and oxygen atoms in total. The summed E-state index contributed by atoms with van der Waals surface area (Å²) in [7, 11) is 0. The molecule has 0 radical (unpaired) electrons. The molecule has 1 heteroatoms. The van der Waals surface area contributed by atoms with Gasteiger partial charge in [-0.2, -0.15) is 0 Å². The van der Waals surface area contributed by atoms with Crippen LogP contribution in [0.5, 0.6) is 0 Å². The van der Waals surface area contributed by atoms with E-state index in [4.69, 9.17) is 11.6 Å². The molecule has 0 aromatic heterocycles. The number of hydrogen-bond donors (Lipinski definition) is 0. The van der Waals surface area contributed by atoms with Crippen molar-refractivity contribution < 1.29 is 0 Å². The molecule has 17 heavy (non-hydrogen) atoms. The minimum absolute atomic E-state index is 0.0597. The first-order chi connectivity index (χ1) is 7.91. The lowest BCUT2D eigenvalue weighted by Crippen LogP contribution is -2.18. The third-order valence-electron chi connectivity index (χ3n) is 4.35. The third kappa shape index (κ3) is 7.34. The SMILES string of the molecule is CC1(C)CCCCCCCCC(C)(Cl)CCC1. The van der Waals surface area contributed by atoms with Crippen molar-refractivity contribution in [3.63, 3.8) is 0 Å². The van der Waals surface area contributed by atoms with Crippen LogP contribution >= 0.6 is 11.6 Å². The second kappa shape index (κ2) is 7.02. The maximum atomic E-state index is 6.60. The Balaban J connectivity index is 2.44. The van der Waals surface area contributed by atoms with Gasteiger partial charge >= 0.3 is 0 Å². The maximum absolute atomic E-state index is 6.60. The first kappa shape index (κ1) is 15.3. The summed E-state index contributed by atoms with van der Waals surface area (Å²) in [6.45, 7) is 7.09. The van der Waals surface area contributed by atoms with Crippen LogP contribution in [0.4, 0.5) is 0 Å². The lowest BCUT2D eigenvalue weighted by atomic mass is 9.81. The highest BCUT2D eigenvalue weighted by molar-refractivity contribution is 6.23. The minimum Gasteiger partial charge on any atom is -0.120 e. The Labute approximate surface area is 114 Å². The highest BCUT2D eigenvalue weighted by atomic mass is 35.5. The minimum atomic E-state index is 0.0597. The zero-order valence-corrected chi connectivity index (χ0v) is 12.9. The monoisotopic (exact) mass is 258 g/mol. The van der Waals surface area contributed by atoms with Gasteiger partial charge < -0.3 is 0 Å².